The molecule has 0 bridgehead atoms. The number of hydrogen-bond donors (Lipinski definition) is 0. The van der Waals surface area contributed by atoms with Gasteiger partial charge in [-0.15, -0.1) is 12.4 Å². The lowest BCUT2D eigenvalue weighted by Crippen LogP contribution is -2.49. The van der Waals surface area contributed by atoms with Crippen molar-refractivity contribution in [2.24, 2.45) is 0 Å². The lowest BCUT2D eigenvalue weighted by atomic mass is 9.94. The fraction of sp³-hybridized carbons (Fsp3) is 0.226. The second kappa shape index (κ2) is 11.9. The molecule has 0 N–H and O–H groups in total. The Bertz CT molecular complexity index is 1800. The number of ketones is 1. The maximum absolute atomic E-state index is 14.3. The average Bonchev–Trinajstić information content (AvgIpc) is 3.23. The number of piperazine rings is 1. The van der Waals surface area contributed by atoms with E-state index in [0.717, 1.165) is 17.0 Å². The van der Waals surface area contributed by atoms with Crippen molar-refractivity contribution < 1.29 is 26.7 Å². The Kier molecular flexibility index (Phi) is 8.43. The Morgan fingerprint density at radius 3 is 2.29 bits per heavy atom. The van der Waals surface area contributed by atoms with Gasteiger partial charge in [0.25, 0.3) is 0 Å². The molecule has 1 aliphatic heterocycles. The predicted octanol–water partition coefficient (Wildman–Crippen LogP) is 5.05. The topological polar surface area (TPSA) is 79.8 Å². The molecule has 2 aliphatic rings. The zero-order valence-corrected chi connectivity index (χ0v) is 24.4. The van der Waals surface area contributed by atoms with E-state index in [2.05, 4.69) is 9.88 Å². The quantitative estimate of drug-likeness (QED) is 0.291. The highest BCUT2D eigenvalue weighted by Crippen LogP contribution is 2.44. The molecule has 218 valence electrons. The average molecular weight is 612 g/mol. The van der Waals surface area contributed by atoms with Crippen molar-refractivity contribution in [3.8, 4) is 5.75 Å². The van der Waals surface area contributed by atoms with E-state index in [1.165, 1.54) is 22.7 Å². The van der Waals surface area contributed by atoms with Crippen LogP contribution in [0.1, 0.15) is 27.0 Å². The minimum absolute atomic E-state index is 0. The summed E-state index contributed by atoms with van der Waals surface area (Å²) in [6, 6.07) is 17.8. The smallest absolute Gasteiger partial charge is 0.211 e. The first-order chi connectivity index (χ1) is 19.7. The molecule has 0 atom stereocenters. The first-order valence-electron chi connectivity index (χ1n) is 13.2. The number of nitrogens with zero attached hydrogens (tertiary/aromatic N) is 3. The number of allylic oxidation sites excluding steroid dienone is 1. The Hall–Kier alpha value is -3.70. The van der Waals surface area contributed by atoms with Crippen molar-refractivity contribution in [1.29, 1.82) is 0 Å². The van der Waals surface area contributed by atoms with Crippen molar-refractivity contribution in [2.75, 3.05) is 45.6 Å². The van der Waals surface area contributed by atoms with Crippen molar-refractivity contribution in [2.45, 2.75) is 0 Å². The van der Waals surface area contributed by atoms with Crippen molar-refractivity contribution in [3.05, 3.63) is 107 Å². The van der Waals surface area contributed by atoms with Crippen LogP contribution < -0.4 is 4.74 Å². The van der Waals surface area contributed by atoms with Gasteiger partial charge in [-0.05, 0) is 53.6 Å². The summed E-state index contributed by atoms with van der Waals surface area (Å²) >= 11 is 0. The molecule has 4 aromatic rings. The Morgan fingerprint density at radius 2 is 1.57 bits per heavy atom. The van der Waals surface area contributed by atoms with E-state index >= 15 is 0 Å². The summed E-state index contributed by atoms with van der Waals surface area (Å²) in [6.45, 7) is 3.05. The summed E-state index contributed by atoms with van der Waals surface area (Å²) in [4.78, 5) is 20.5. The maximum Gasteiger partial charge on any atom is 0.211 e. The minimum atomic E-state index is -3.20. The van der Waals surface area contributed by atoms with E-state index in [0.29, 0.717) is 72.9 Å². The molecule has 1 saturated heterocycles. The number of Topliss-reactive ketones (excluding diaryl/α,β-unsaturated/α-hetero) is 1. The van der Waals surface area contributed by atoms with Crippen LogP contribution in [0.15, 0.2) is 72.9 Å². The third-order valence-corrected chi connectivity index (χ3v) is 8.79. The van der Waals surface area contributed by atoms with Crippen LogP contribution in [0, 0.1) is 11.6 Å². The molecule has 42 heavy (non-hydrogen) atoms. The molecular formula is C31H28ClF2N3O4S. The van der Waals surface area contributed by atoms with E-state index in [-0.39, 0.29) is 23.8 Å². The van der Waals surface area contributed by atoms with Gasteiger partial charge < -0.3 is 4.74 Å². The van der Waals surface area contributed by atoms with Gasteiger partial charge in [0.15, 0.2) is 5.78 Å². The molecule has 0 spiro atoms. The van der Waals surface area contributed by atoms with Gasteiger partial charge in [-0.1, -0.05) is 18.2 Å². The van der Waals surface area contributed by atoms with Crippen LogP contribution in [0.4, 0.5) is 8.78 Å². The van der Waals surface area contributed by atoms with Gasteiger partial charge >= 0.3 is 0 Å². The van der Waals surface area contributed by atoms with Crippen molar-refractivity contribution >= 4 is 50.3 Å². The molecule has 0 saturated carbocycles. The monoisotopic (exact) mass is 611 g/mol. The first-order valence-corrected chi connectivity index (χ1v) is 15.1. The lowest BCUT2D eigenvalue weighted by Gasteiger charge is -2.33. The zero-order chi connectivity index (χ0) is 28.7. The number of rotatable bonds is 7. The minimum Gasteiger partial charge on any atom is -0.492 e. The Balaban J connectivity index is 0.00000353. The molecule has 3 aromatic carbocycles. The van der Waals surface area contributed by atoms with Gasteiger partial charge in [0.05, 0.1) is 11.8 Å². The summed E-state index contributed by atoms with van der Waals surface area (Å²) in [5.74, 6) is -1.25. The predicted molar refractivity (Wildman–Crippen MR) is 160 cm³/mol. The van der Waals surface area contributed by atoms with Gasteiger partial charge in [0.2, 0.25) is 10.0 Å². The van der Waals surface area contributed by atoms with E-state index in [1.54, 1.807) is 24.4 Å². The fourth-order valence-electron chi connectivity index (χ4n) is 5.46. The highest BCUT2D eigenvalue weighted by atomic mass is 35.5. The van der Waals surface area contributed by atoms with Crippen LogP contribution in [0.5, 0.6) is 5.75 Å². The normalized spacial score (nSPS) is 16.0. The fourth-order valence-corrected chi connectivity index (χ4v) is 6.29. The molecule has 2 heterocycles. The second-order valence-electron chi connectivity index (χ2n) is 10.2. The molecule has 0 radical (unpaired) electrons. The number of aromatic nitrogens is 1. The molecule has 7 nitrogen and oxygen atoms in total. The van der Waals surface area contributed by atoms with E-state index in [9.17, 15) is 22.0 Å². The van der Waals surface area contributed by atoms with E-state index in [1.807, 2.05) is 30.3 Å². The first kappa shape index (κ1) is 29.8. The number of halogens is 3. The zero-order valence-electron chi connectivity index (χ0n) is 22.7. The number of para-hydroxylation sites is 1. The molecule has 0 amide bonds. The van der Waals surface area contributed by atoms with Crippen LogP contribution in [-0.2, 0) is 10.0 Å². The van der Waals surface area contributed by atoms with E-state index in [4.69, 9.17) is 4.74 Å². The lowest BCUT2D eigenvalue weighted by molar-refractivity contribution is 0.105. The van der Waals surface area contributed by atoms with Crippen molar-refractivity contribution in [1.82, 2.24) is 14.2 Å². The summed E-state index contributed by atoms with van der Waals surface area (Å²) in [7, 11) is -3.20. The number of carbonyl (C=O) groups excluding carboxylic acids is 1. The largest absolute Gasteiger partial charge is 0.492 e. The van der Waals surface area contributed by atoms with Crippen LogP contribution >= 0.6 is 12.4 Å². The summed E-state index contributed by atoms with van der Waals surface area (Å²) in [5, 5.41) is 0.840. The van der Waals surface area contributed by atoms with Gasteiger partial charge in [-0.2, -0.15) is 4.31 Å². The number of sulfonamides is 1. The number of carbonyl (C=O) groups is 1. The standard InChI is InChI=1S/C31H27F2N3O4S.ClH/c1-41(38,39)36-10-8-35(9-11-36)12-13-40-25-6-7-26-27(18-25)31(37)30(29(26)21-15-23(32)17-24(33)16-21)22-14-20-4-2-3-5-28(20)34-19-22;/h2-7,14-19H,8-13H2,1H3;1H. The highest BCUT2D eigenvalue weighted by molar-refractivity contribution is 7.88. The van der Waals surface area contributed by atoms with Gasteiger partial charge in [0, 0.05) is 72.6 Å². The SMILES string of the molecule is CS(=O)(=O)N1CCN(CCOc2ccc3c(c2)C(=O)C(c2cnc4ccccc4c2)=C3c2cc(F)cc(F)c2)CC1.Cl. The number of pyridine rings is 1. The van der Waals surface area contributed by atoms with Crippen molar-refractivity contribution in [3.63, 3.8) is 0 Å². The molecule has 11 heteroatoms. The molecule has 0 unspecified atom stereocenters. The number of ether oxygens (including phenoxy) is 1. The Morgan fingerprint density at radius 1 is 0.857 bits per heavy atom. The molecule has 1 aliphatic carbocycles. The van der Waals surface area contributed by atoms with Gasteiger partial charge in [0.1, 0.15) is 24.0 Å². The Labute approximate surface area is 248 Å². The molecular weight excluding hydrogens is 584 g/mol. The number of benzene rings is 3. The summed E-state index contributed by atoms with van der Waals surface area (Å²) in [5.41, 5.74) is 3.30. The van der Waals surface area contributed by atoms with Crippen LogP contribution in [0.3, 0.4) is 0 Å². The highest BCUT2D eigenvalue weighted by Gasteiger charge is 2.33. The van der Waals surface area contributed by atoms with Gasteiger partial charge in [-0.25, -0.2) is 17.2 Å². The van der Waals surface area contributed by atoms with Gasteiger partial charge in [-0.3, -0.25) is 14.7 Å². The number of fused-ring (bicyclic) bond motifs is 2. The third-order valence-electron chi connectivity index (χ3n) is 7.49. The third kappa shape index (κ3) is 5.94. The van der Waals surface area contributed by atoms with E-state index < -0.39 is 21.7 Å². The molecule has 1 fully saturated rings. The van der Waals surface area contributed by atoms with Crippen LogP contribution in [0.2, 0.25) is 0 Å². The maximum atomic E-state index is 14.3. The second-order valence-corrected chi connectivity index (χ2v) is 12.2. The number of hydrogen-bond acceptors (Lipinski definition) is 6. The molecule has 6 rings (SSSR count). The summed E-state index contributed by atoms with van der Waals surface area (Å²) < 4.78 is 59.6. The molecule has 1 aromatic heterocycles. The van der Waals surface area contributed by atoms with Crippen LogP contribution in [-0.4, -0.2) is 74.0 Å². The summed E-state index contributed by atoms with van der Waals surface area (Å²) in [6.07, 6.45) is 2.83. The van der Waals surface area contributed by atoms with Crippen LogP contribution in [0.25, 0.3) is 22.0 Å².